The van der Waals surface area contributed by atoms with Gasteiger partial charge in [0.05, 0.1) is 6.21 Å². The number of anilines is 1. The zero-order chi connectivity index (χ0) is 17.6. The van der Waals surface area contributed by atoms with Gasteiger partial charge in [0.2, 0.25) is 0 Å². The summed E-state index contributed by atoms with van der Waals surface area (Å²) in [6, 6.07) is 21.7. The van der Waals surface area contributed by atoms with Gasteiger partial charge in [0.25, 0.3) is 5.91 Å². The first-order valence-corrected chi connectivity index (χ1v) is 8.27. The fraction of sp³-hybridized carbons (Fsp3) is 0.143. The molecule has 0 radical (unpaired) electrons. The summed E-state index contributed by atoms with van der Waals surface area (Å²) >= 11 is 0. The van der Waals surface area contributed by atoms with Gasteiger partial charge in [0.1, 0.15) is 6.04 Å². The number of nitrogens with zero attached hydrogens (tertiary/aromatic N) is 1. The molecule has 0 heterocycles. The van der Waals surface area contributed by atoms with Crippen molar-refractivity contribution in [3.63, 3.8) is 0 Å². The lowest BCUT2D eigenvalue weighted by molar-refractivity contribution is -0.121. The van der Waals surface area contributed by atoms with Gasteiger partial charge in [-0.05, 0) is 47.9 Å². The molecule has 3 aromatic carbocycles. The van der Waals surface area contributed by atoms with E-state index >= 15 is 0 Å². The van der Waals surface area contributed by atoms with Crippen LogP contribution in [0.5, 0.6) is 0 Å². The molecule has 25 heavy (non-hydrogen) atoms. The van der Waals surface area contributed by atoms with E-state index in [1.54, 1.807) is 6.21 Å². The molecule has 1 atom stereocenters. The van der Waals surface area contributed by atoms with Gasteiger partial charge in [-0.1, -0.05) is 54.6 Å². The van der Waals surface area contributed by atoms with E-state index in [0.717, 1.165) is 22.2 Å². The minimum absolute atomic E-state index is 0.182. The maximum atomic E-state index is 12.2. The van der Waals surface area contributed by atoms with Gasteiger partial charge in [-0.15, -0.1) is 0 Å². The Morgan fingerprint density at radius 2 is 1.72 bits per heavy atom. The molecule has 3 rings (SSSR count). The number of fused-ring (bicyclic) bond motifs is 1. The van der Waals surface area contributed by atoms with Crippen LogP contribution in [0.2, 0.25) is 0 Å². The van der Waals surface area contributed by atoms with E-state index in [0.29, 0.717) is 0 Å². The molecule has 0 unspecified atom stereocenters. The summed E-state index contributed by atoms with van der Waals surface area (Å²) in [5, 5.41) is 9.57. The predicted octanol–water partition coefficient (Wildman–Crippen LogP) is 4.10. The highest BCUT2D eigenvalue weighted by molar-refractivity contribution is 5.89. The van der Waals surface area contributed by atoms with Crippen LogP contribution in [0.4, 0.5) is 5.69 Å². The second kappa shape index (κ2) is 7.62. The SMILES string of the molecule is Cc1ccccc1/C=N\NC(=O)[C@@H](C)Nc1ccc2ccccc2c1. The first-order chi connectivity index (χ1) is 12.1. The van der Waals surface area contributed by atoms with E-state index in [1.165, 1.54) is 5.39 Å². The number of hydrogen-bond acceptors (Lipinski definition) is 3. The Morgan fingerprint density at radius 1 is 1.00 bits per heavy atom. The smallest absolute Gasteiger partial charge is 0.262 e. The van der Waals surface area contributed by atoms with E-state index in [4.69, 9.17) is 0 Å². The normalized spacial score (nSPS) is 12.2. The van der Waals surface area contributed by atoms with Gasteiger partial charge in [0, 0.05) is 5.69 Å². The van der Waals surface area contributed by atoms with E-state index in [1.807, 2.05) is 68.4 Å². The number of nitrogens with one attached hydrogen (secondary N) is 2. The summed E-state index contributed by atoms with van der Waals surface area (Å²) in [5.74, 6) is -0.182. The van der Waals surface area contributed by atoms with Crippen molar-refractivity contribution in [2.75, 3.05) is 5.32 Å². The third-order valence-corrected chi connectivity index (χ3v) is 4.09. The Bertz CT molecular complexity index is 918. The number of rotatable bonds is 5. The lowest BCUT2D eigenvalue weighted by Crippen LogP contribution is -2.34. The van der Waals surface area contributed by atoms with Gasteiger partial charge in [-0.25, -0.2) is 5.43 Å². The van der Waals surface area contributed by atoms with E-state index < -0.39 is 6.04 Å². The molecule has 0 aliphatic rings. The Labute approximate surface area is 147 Å². The fourth-order valence-electron chi connectivity index (χ4n) is 2.59. The Morgan fingerprint density at radius 3 is 2.52 bits per heavy atom. The van der Waals surface area contributed by atoms with Crippen molar-refractivity contribution in [1.29, 1.82) is 0 Å². The van der Waals surface area contributed by atoms with Crippen molar-refractivity contribution < 1.29 is 4.79 Å². The summed E-state index contributed by atoms with van der Waals surface area (Å²) in [6.07, 6.45) is 1.66. The molecule has 4 nitrogen and oxygen atoms in total. The summed E-state index contributed by atoms with van der Waals surface area (Å²) in [5.41, 5.74) is 5.59. The van der Waals surface area contributed by atoms with Gasteiger partial charge >= 0.3 is 0 Å². The maximum Gasteiger partial charge on any atom is 0.262 e. The quantitative estimate of drug-likeness (QED) is 0.546. The molecular formula is C21H21N3O. The molecule has 0 aliphatic carbocycles. The monoisotopic (exact) mass is 331 g/mol. The summed E-state index contributed by atoms with van der Waals surface area (Å²) in [7, 11) is 0. The average Bonchev–Trinajstić information content (AvgIpc) is 2.63. The van der Waals surface area contributed by atoms with Crippen LogP contribution in [0.1, 0.15) is 18.1 Å². The van der Waals surface area contributed by atoms with E-state index in [-0.39, 0.29) is 5.91 Å². The summed E-state index contributed by atoms with van der Waals surface area (Å²) < 4.78 is 0. The first-order valence-electron chi connectivity index (χ1n) is 8.27. The first kappa shape index (κ1) is 16.7. The minimum atomic E-state index is -0.393. The fourth-order valence-corrected chi connectivity index (χ4v) is 2.59. The largest absolute Gasteiger partial charge is 0.374 e. The number of carbonyl (C=O) groups is 1. The summed E-state index contributed by atoms with van der Waals surface area (Å²) in [6.45, 7) is 3.82. The third-order valence-electron chi connectivity index (χ3n) is 4.09. The minimum Gasteiger partial charge on any atom is -0.374 e. The van der Waals surface area contributed by atoms with Crippen LogP contribution in [-0.4, -0.2) is 18.2 Å². The number of amides is 1. The van der Waals surface area contributed by atoms with Crippen molar-refractivity contribution in [3.05, 3.63) is 77.9 Å². The molecule has 2 N–H and O–H groups in total. The molecule has 0 saturated heterocycles. The topological polar surface area (TPSA) is 53.5 Å². The standard InChI is InChI=1S/C21H21N3O/c1-15-7-3-4-10-19(15)14-22-24-21(25)16(2)23-20-12-11-17-8-5-6-9-18(17)13-20/h3-14,16,23H,1-2H3,(H,24,25)/b22-14-/t16-/m1/s1. The maximum absolute atomic E-state index is 12.2. The van der Waals surface area contributed by atoms with Crippen molar-refractivity contribution in [2.45, 2.75) is 19.9 Å². The number of carbonyl (C=O) groups excluding carboxylic acids is 1. The average molecular weight is 331 g/mol. The predicted molar refractivity (Wildman–Crippen MR) is 104 cm³/mol. The lowest BCUT2D eigenvalue weighted by atomic mass is 10.1. The van der Waals surface area contributed by atoms with Gasteiger partial charge < -0.3 is 5.32 Å². The van der Waals surface area contributed by atoms with Crippen LogP contribution in [0.25, 0.3) is 10.8 Å². The zero-order valence-electron chi connectivity index (χ0n) is 14.4. The zero-order valence-corrected chi connectivity index (χ0v) is 14.4. The number of hydrogen-bond donors (Lipinski definition) is 2. The Balaban J connectivity index is 1.61. The van der Waals surface area contributed by atoms with Crippen LogP contribution >= 0.6 is 0 Å². The Hall–Kier alpha value is -3.14. The summed E-state index contributed by atoms with van der Waals surface area (Å²) in [4.78, 5) is 12.2. The molecule has 0 aliphatic heterocycles. The molecular weight excluding hydrogens is 310 g/mol. The number of hydrazone groups is 1. The van der Waals surface area contributed by atoms with Crippen LogP contribution in [0.15, 0.2) is 71.8 Å². The van der Waals surface area contributed by atoms with Crippen molar-refractivity contribution in [2.24, 2.45) is 5.10 Å². The van der Waals surface area contributed by atoms with Crippen LogP contribution in [-0.2, 0) is 4.79 Å². The second-order valence-corrected chi connectivity index (χ2v) is 6.02. The molecule has 4 heteroatoms. The van der Waals surface area contributed by atoms with Crippen molar-refractivity contribution in [1.82, 2.24) is 5.43 Å². The van der Waals surface area contributed by atoms with E-state index in [9.17, 15) is 4.79 Å². The number of aryl methyl sites for hydroxylation is 1. The van der Waals surface area contributed by atoms with Crippen molar-refractivity contribution in [3.8, 4) is 0 Å². The molecule has 126 valence electrons. The van der Waals surface area contributed by atoms with Gasteiger partial charge in [-0.2, -0.15) is 5.10 Å². The molecule has 1 amide bonds. The molecule has 0 aromatic heterocycles. The van der Waals surface area contributed by atoms with Crippen LogP contribution in [0, 0.1) is 6.92 Å². The van der Waals surface area contributed by atoms with Gasteiger partial charge in [-0.3, -0.25) is 4.79 Å². The molecule has 3 aromatic rings. The van der Waals surface area contributed by atoms with E-state index in [2.05, 4.69) is 28.0 Å². The second-order valence-electron chi connectivity index (χ2n) is 6.02. The third kappa shape index (κ3) is 4.23. The highest BCUT2D eigenvalue weighted by atomic mass is 16.2. The van der Waals surface area contributed by atoms with Crippen LogP contribution < -0.4 is 10.7 Å². The van der Waals surface area contributed by atoms with Crippen LogP contribution in [0.3, 0.4) is 0 Å². The molecule has 0 spiro atoms. The Kier molecular flexibility index (Phi) is 5.09. The van der Waals surface area contributed by atoms with Gasteiger partial charge in [0.15, 0.2) is 0 Å². The number of benzene rings is 3. The highest BCUT2D eigenvalue weighted by Crippen LogP contribution is 2.19. The molecule has 0 fully saturated rings. The molecule has 0 saturated carbocycles. The molecule has 0 bridgehead atoms. The lowest BCUT2D eigenvalue weighted by Gasteiger charge is -2.14. The highest BCUT2D eigenvalue weighted by Gasteiger charge is 2.11. The van der Waals surface area contributed by atoms with Crippen molar-refractivity contribution >= 4 is 28.6 Å².